The van der Waals surface area contributed by atoms with E-state index in [4.69, 9.17) is 5.73 Å². The Labute approximate surface area is 109 Å². The molecule has 0 fully saturated rings. The molecule has 7 heteroatoms. The maximum absolute atomic E-state index is 11.6. The normalized spacial score (nSPS) is 11.1. The maximum atomic E-state index is 11.6. The number of nitrogen functional groups attached to an aromatic ring is 1. The molecule has 1 amide bonds. The Morgan fingerprint density at radius 3 is 2.71 bits per heavy atom. The van der Waals surface area contributed by atoms with Crippen LogP contribution in [0.2, 0.25) is 0 Å². The van der Waals surface area contributed by atoms with E-state index < -0.39 is 0 Å². The average Bonchev–Trinajstić information content (AvgIpc) is 2.18. The lowest BCUT2D eigenvalue weighted by atomic mass is 10.1. The van der Waals surface area contributed by atoms with E-state index in [0.717, 1.165) is 0 Å². The molecule has 0 aliphatic heterocycles. The van der Waals surface area contributed by atoms with Crippen molar-refractivity contribution in [2.45, 2.75) is 26.3 Å². The van der Waals surface area contributed by atoms with Crippen molar-refractivity contribution in [2.24, 2.45) is 0 Å². The summed E-state index contributed by atoms with van der Waals surface area (Å²) in [5.41, 5.74) is 5.34. The molecule has 0 unspecified atom stereocenters. The van der Waals surface area contributed by atoms with Crippen molar-refractivity contribution in [3.63, 3.8) is 0 Å². The smallest absolute Gasteiger partial charge is 0.239 e. The van der Waals surface area contributed by atoms with Gasteiger partial charge >= 0.3 is 0 Å². The topological polar surface area (TPSA) is 92.9 Å². The minimum Gasteiger partial charge on any atom is -0.383 e. The van der Waals surface area contributed by atoms with E-state index in [1.807, 2.05) is 20.8 Å². The van der Waals surface area contributed by atoms with E-state index in [1.54, 1.807) is 0 Å². The van der Waals surface area contributed by atoms with E-state index in [1.165, 1.54) is 6.33 Å². The van der Waals surface area contributed by atoms with Gasteiger partial charge in [-0.05, 0) is 36.7 Å². The summed E-state index contributed by atoms with van der Waals surface area (Å²) in [6.07, 6.45) is 1.34. The second kappa shape index (κ2) is 5.31. The first-order valence-corrected chi connectivity index (χ1v) is 5.90. The molecular formula is C10H16BrN5O. The molecule has 1 aromatic rings. The van der Waals surface area contributed by atoms with Gasteiger partial charge in [0.05, 0.1) is 6.54 Å². The average molecular weight is 302 g/mol. The molecular weight excluding hydrogens is 286 g/mol. The maximum Gasteiger partial charge on any atom is 0.239 e. The van der Waals surface area contributed by atoms with Gasteiger partial charge < -0.3 is 16.4 Å². The Balaban J connectivity index is 2.56. The van der Waals surface area contributed by atoms with Gasteiger partial charge in [-0.2, -0.15) is 0 Å². The fraction of sp³-hybridized carbons (Fsp3) is 0.500. The minimum absolute atomic E-state index is 0.110. The largest absolute Gasteiger partial charge is 0.383 e. The monoisotopic (exact) mass is 301 g/mol. The van der Waals surface area contributed by atoms with Crippen LogP contribution in [-0.2, 0) is 4.79 Å². The van der Waals surface area contributed by atoms with Gasteiger partial charge in [0, 0.05) is 5.54 Å². The summed E-state index contributed by atoms with van der Waals surface area (Å²) in [7, 11) is 0. The molecule has 0 saturated carbocycles. The highest BCUT2D eigenvalue weighted by Crippen LogP contribution is 2.23. The molecule has 0 aliphatic carbocycles. The third-order valence-electron chi connectivity index (χ3n) is 1.75. The van der Waals surface area contributed by atoms with Crippen molar-refractivity contribution in [2.75, 3.05) is 17.6 Å². The van der Waals surface area contributed by atoms with Crippen LogP contribution in [0.25, 0.3) is 0 Å². The number of carbonyl (C=O) groups excluding carboxylic acids is 1. The molecule has 0 atom stereocenters. The van der Waals surface area contributed by atoms with E-state index in [-0.39, 0.29) is 18.0 Å². The van der Waals surface area contributed by atoms with Gasteiger partial charge in [0.2, 0.25) is 5.91 Å². The van der Waals surface area contributed by atoms with Crippen LogP contribution in [0, 0.1) is 0 Å². The number of amides is 1. The molecule has 4 N–H and O–H groups in total. The molecule has 0 saturated heterocycles. The highest BCUT2D eigenvalue weighted by atomic mass is 79.9. The summed E-state index contributed by atoms with van der Waals surface area (Å²) >= 11 is 3.25. The third kappa shape index (κ3) is 4.56. The summed E-state index contributed by atoms with van der Waals surface area (Å²) in [5.74, 6) is 0.724. The number of halogens is 1. The van der Waals surface area contributed by atoms with Crippen LogP contribution < -0.4 is 16.4 Å². The van der Waals surface area contributed by atoms with E-state index in [9.17, 15) is 4.79 Å². The molecule has 0 spiro atoms. The van der Waals surface area contributed by atoms with Crippen molar-refractivity contribution in [3.05, 3.63) is 10.8 Å². The Morgan fingerprint density at radius 1 is 1.47 bits per heavy atom. The molecule has 1 rings (SSSR count). The number of hydrogen-bond donors (Lipinski definition) is 3. The van der Waals surface area contributed by atoms with E-state index in [0.29, 0.717) is 16.1 Å². The summed E-state index contributed by atoms with van der Waals surface area (Å²) < 4.78 is 0.559. The summed E-state index contributed by atoms with van der Waals surface area (Å²) in [6.45, 7) is 5.89. The van der Waals surface area contributed by atoms with Gasteiger partial charge in [0.25, 0.3) is 0 Å². The molecule has 94 valence electrons. The lowest BCUT2D eigenvalue weighted by Crippen LogP contribution is -2.43. The molecule has 1 aromatic heterocycles. The lowest BCUT2D eigenvalue weighted by molar-refractivity contribution is -0.120. The van der Waals surface area contributed by atoms with Gasteiger partial charge in [0.15, 0.2) is 0 Å². The fourth-order valence-electron chi connectivity index (χ4n) is 1.13. The number of nitrogens with zero attached hydrogens (tertiary/aromatic N) is 2. The number of nitrogens with one attached hydrogen (secondary N) is 2. The first-order valence-electron chi connectivity index (χ1n) is 5.10. The van der Waals surface area contributed by atoms with Crippen molar-refractivity contribution >= 4 is 33.5 Å². The number of nitrogens with two attached hydrogens (primary N) is 1. The van der Waals surface area contributed by atoms with Crippen molar-refractivity contribution < 1.29 is 4.79 Å². The number of anilines is 2. The highest BCUT2D eigenvalue weighted by molar-refractivity contribution is 9.10. The molecule has 0 aliphatic rings. The Bertz CT molecular complexity index is 416. The van der Waals surface area contributed by atoms with Gasteiger partial charge in [-0.1, -0.05) is 0 Å². The summed E-state index contributed by atoms with van der Waals surface area (Å²) in [4.78, 5) is 19.3. The zero-order valence-electron chi connectivity index (χ0n) is 10.0. The van der Waals surface area contributed by atoms with Crippen molar-refractivity contribution in [1.29, 1.82) is 0 Å². The van der Waals surface area contributed by atoms with Gasteiger partial charge in [-0.3, -0.25) is 4.79 Å². The van der Waals surface area contributed by atoms with Crippen LogP contribution in [0.4, 0.5) is 11.6 Å². The van der Waals surface area contributed by atoms with E-state index in [2.05, 4.69) is 36.5 Å². The Kier molecular flexibility index (Phi) is 4.28. The predicted octanol–water partition coefficient (Wildman–Crippen LogP) is 1.15. The second-order valence-corrected chi connectivity index (χ2v) is 5.37. The van der Waals surface area contributed by atoms with Crippen LogP contribution >= 0.6 is 15.9 Å². The third-order valence-corrected chi connectivity index (χ3v) is 2.53. The molecule has 17 heavy (non-hydrogen) atoms. The fourth-order valence-corrected chi connectivity index (χ4v) is 1.48. The first-order chi connectivity index (χ1) is 7.79. The van der Waals surface area contributed by atoms with Crippen molar-refractivity contribution in [3.8, 4) is 0 Å². The van der Waals surface area contributed by atoms with E-state index >= 15 is 0 Å². The number of hydrogen-bond acceptors (Lipinski definition) is 5. The zero-order valence-corrected chi connectivity index (χ0v) is 11.6. The minimum atomic E-state index is -0.249. The quantitative estimate of drug-likeness (QED) is 0.779. The van der Waals surface area contributed by atoms with Crippen LogP contribution in [-0.4, -0.2) is 28.0 Å². The number of carbonyl (C=O) groups is 1. The van der Waals surface area contributed by atoms with Gasteiger partial charge in [-0.25, -0.2) is 9.97 Å². The number of aromatic nitrogens is 2. The summed E-state index contributed by atoms with van der Waals surface area (Å²) in [6, 6.07) is 0. The standard InChI is InChI=1S/C10H16BrN5O/c1-10(2,3)16-6(17)4-13-9-7(11)8(12)14-5-15-9/h5H,4H2,1-3H3,(H,16,17)(H3,12,13,14,15). The molecule has 0 aromatic carbocycles. The summed E-state index contributed by atoms with van der Waals surface area (Å²) in [5, 5.41) is 5.72. The van der Waals surface area contributed by atoms with Crippen molar-refractivity contribution in [1.82, 2.24) is 15.3 Å². The first kappa shape index (κ1) is 13.7. The Morgan fingerprint density at radius 2 is 2.12 bits per heavy atom. The predicted molar refractivity (Wildman–Crippen MR) is 70.5 cm³/mol. The van der Waals surface area contributed by atoms with Gasteiger partial charge in [-0.15, -0.1) is 0 Å². The highest BCUT2D eigenvalue weighted by Gasteiger charge is 2.14. The van der Waals surface area contributed by atoms with Crippen LogP contribution in [0.3, 0.4) is 0 Å². The molecule has 6 nitrogen and oxygen atoms in total. The van der Waals surface area contributed by atoms with Crippen LogP contribution in [0.15, 0.2) is 10.8 Å². The van der Waals surface area contributed by atoms with Crippen LogP contribution in [0.5, 0.6) is 0 Å². The zero-order chi connectivity index (χ0) is 13.1. The van der Waals surface area contributed by atoms with Gasteiger partial charge in [0.1, 0.15) is 22.4 Å². The Hall–Kier alpha value is -1.37. The SMILES string of the molecule is CC(C)(C)NC(=O)CNc1ncnc(N)c1Br. The molecule has 0 radical (unpaired) electrons. The lowest BCUT2D eigenvalue weighted by Gasteiger charge is -2.20. The second-order valence-electron chi connectivity index (χ2n) is 4.57. The molecule has 0 bridgehead atoms. The molecule has 1 heterocycles. The number of rotatable bonds is 3. The van der Waals surface area contributed by atoms with Crippen LogP contribution in [0.1, 0.15) is 20.8 Å².